The van der Waals surface area contributed by atoms with Gasteiger partial charge in [-0.3, -0.25) is 15.0 Å². The van der Waals surface area contributed by atoms with Gasteiger partial charge in [-0.1, -0.05) is 23.7 Å². The van der Waals surface area contributed by atoms with Crippen molar-refractivity contribution in [2.24, 2.45) is 0 Å². The van der Waals surface area contributed by atoms with Crippen molar-refractivity contribution in [3.63, 3.8) is 0 Å². The predicted octanol–water partition coefficient (Wildman–Crippen LogP) is 4.43. The molecule has 0 radical (unpaired) electrons. The molecule has 0 amide bonds. The van der Waals surface area contributed by atoms with Gasteiger partial charge in [-0.05, 0) is 36.8 Å². The van der Waals surface area contributed by atoms with Gasteiger partial charge in [0.15, 0.2) is 0 Å². The standard InChI is InChI=1S/C20H19ClN4O4/c1-13(24-10-11-28-18(12-24)14-2-6-16(21)7-3-14)19-22-23-20(29-19)15-4-8-17(9-5-15)25(26)27/h2-9,13,18H,10-12H2,1H3/t13-,18+/m0/s1. The normalized spacial score (nSPS) is 18.5. The van der Waals surface area contributed by atoms with Gasteiger partial charge in [-0.15, -0.1) is 10.2 Å². The zero-order valence-electron chi connectivity index (χ0n) is 15.7. The van der Waals surface area contributed by atoms with Crippen LogP contribution in [0, 0.1) is 10.1 Å². The van der Waals surface area contributed by atoms with Gasteiger partial charge in [0.2, 0.25) is 11.8 Å². The van der Waals surface area contributed by atoms with Crippen LogP contribution in [0.2, 0.25) is 5.02 Å². The fraction of sp³-hybridized carbons (Fsp3) is 0.300. The first-order valence-corrected chi connectivity index (χ1v) is 9.58. The Morgan fingerprint density at radius 3 is 2.59 bits per heavy atom. The fourth-order valence-electron chi connectivity index (χ4n) is 3.30. The first-order chi connectivity index (χ1) is 14.0. The molecular formula is C20H19ClN4O4. The summed E-state index contributed by atoms with van der Waals surface area (Å²) in [5.74, 6) is 0.833. The molecule has 2 atom stereocenters. The summed E-state index contributed by atoms with van der Waals surface area (Å²) in [5.41, 5.74) is 1.73. The Hall–Kier alpha value is -2.81. The number of ether oxygens (including phenoxy) is 1. The van der Waals surface area contributed by atoms with Crippen LogP contribution < -0.4 is 0 Å². The van der Waals surface area contributed by atoms with Gasteiger partial charge in [0.05, 0.1) is 23.7 Å². The number of aromatic nitrogens is 2. The average Bonchev–Trinajstić information content (AvgIpc) is 3.24. The molecule has 29 heavy (non-hydrogen) atoms. The van der Waals surface area contributed by atoms with E-state index in [2.05, 4.69) is 15.1 Å². The number of nitro groups is 1. The van der Waals surface area contributed by atoms with Crippen LogP contribution in [0.1, 0.15) is 30.5 Å². The number of halogens is 1. The molecule has 0 unspecified atom stereocenters. The number of non-ortho nitro benzene ring substituents is 1. The molecule has 0 spiro atoms. The topological polar surface area (TPSA) is 94.5 Å². The van der Waals surface area contributed by atoms with Crippen molar-refractivity contribution in [1.29, 1.82) is 0 Å². The van der Waals surface area contributed by atoms with Gasteiger partial charge in [-0.25, -0.2) is 0 Å². The van der Waals surface area contributed by atoms with E-state index in [-0.39, 0.29) is 17.8 Å². The highest BCUT2D eigenvalue weighted by molar-refractivity contribution is 6.30. The molecule has 8 nitrogen and oxygen atoms in total. The monoisotopic (exact) mass is 414 g/mol. The number of rotatable bonds is 5. The van der Waals surface area contributed by atoms with Crippen molar-refractivity contribution < 1.29 is 14.1 Å². The van der Waals surface area contributed by atoms with Gasteiger partial charge in [0.25, 0.3) is 5.69 Å². The van der Waals surface area contributed by atoms with Crippen molar-refractivity contribution in [2.75, 3.05) is 19.7 Å². The molecular weight excluding hydrogens is 396 g/mol. The third-order valence-electron chi connectivity index (χ3n) is 5.01. The molecule has 0 aliphatic carbocycles. The molecule has 0 saturated carbocycles. The molecule has 150 valence electrons. The number of hydrogen-bond acceptors (Lipinski definition) is 7. The van der Waals surface area contributed by atoms with E-state index < -0.39 is 4.92 Å². The van der Waals surface area contributed by atoms with Crippen molar-refractivity contribution in [3.8, 4) is 11.5 Å². The molecule has 2 aromatic carbocycles. The van der Waals surface area contributed by atoms with E-state index in [0.29, 0.717) is 35.5 Å². The van der Waals surface area contributed by atoms with Crippen LogP contribution in [0.3, 0.4) is 0 Å². The maximum atomic E-state index is 10.8. The molecule has 1 aromatic heterocycles. The molecule has 0 N–H and O–H groups in total. The first kappa shape index (κ1) is 19.5. The summed E-state index contributed by atoms with van der Waals surface area (Å²) in [6.45, 7) is 4.05. The van der Waals surface area contributed by atoms with E-state index >= 15 is 0 Å². The summed E-state index contributed by atoms with van der Waals surface area (Å²) < 4.78 is 11.8. The van der Waals surface area contributed by atoms with E-state index in [1.807, 2.05) is 31.2 Å². The van der Waals surface area contributed by atoms with Crippen LogP contribution in [0.5, 0.6) is 0 Å². The minimum absolute atomic E-state index is 0.0171. The number of nitrogens with zero attached hydrogens (tertiary/aromatic N) is 4. The minimum Gasteiger partial charge on any atom is -0.419 e. The molecule has 2 heterocycles. The second kappa shape index (κ2) is 8.28. The quantitative estimate of drug-likeness (QED) is 0.450. The third kappa shape index (κ3) is 4.29. The molecule has 3 aromatic rings. The number of nitro benzene ring substituents is 1. The maximum absolute atomic E-state index is 10.8. The third-order valence-corrected chi connectivity index (χ3v) is 5.26. The summed E-state index contributed by atoms with van der Waals surface area (Å²) >= 11 is 5.97. The van der Waals surface area contributed by atoms with E-state index in [1.165, 1.54) is 12.1 Å². The van der Waals surface area contributed by atoms with Crippen LogP contribution in [0.25, 0.3) is 11.5 Å². The van der Waals surface area contributed by atoms with Crippen molar-refractivity contribution >= 4 is 17.3 Å². The van der Waals surface area contributed by atoms with Gasteiger partial charge in [0.1, 0.15) is 0 Å². The number of benzene rings is 2. The molecule has 1 aliphatic rings. The summed E-state index contributed by atoms with van der Waals surface area (Å²) in [6.07, 6.45) is -0.0551. The molecule has 0 bridgehead atoms. The zero-order chi connectivity index (χ0) is 20.4. The van der Waals surface area contributed by atoms with Gasteiger partial charge in [0, 0.05) is 35.8 Å². The lowest BCUT2D eigenvalue weighted by Crippen LogP contribution is -2.40. The lowest BCUT2D eigenvalue weighted by Gasteiger charge is -2.35. The molecule has 1 saturated heterocycles. The average molecular weight is 415 g/mol. The van der Waals surface area contributed by atoms with E-state index in [4.69, 9.17) is 20.8 Å². The second-order valence-corrected chi connectivity index (χ2v) is 7.27. The highest BCUT2D eigenvalue weighted by Gasteiger charge is 2.29. The van der Waals surface area contributed by atoms with Crippen molar-refractivity contribution in [3.05, 3.63) is 75.1 Å². The number of morpholine rings is 1. The largest absolute Gasteiger partial charge is 0.419 e. The lowest BCUT2D eigenvalue weighted by molar-refractivity contribution is -0.384. The van der Waals surface area contributed by atoms with Crippen molar-refractivity contribution in [1.82, 2.24) is 15.1 Å². The SMILES string of the molecule is C[C@@H](c1nnc(-c2ccc([N+](=O)[O-])cc2)o1)N1CCO[C@@H](c2ccc(Cl)cc2)C1. The fourth-order valence-corrected chi connectivity index (χ4v) is 3.43. The van der Waals surface area contributed by atoms with Crippen LogP contribution in [0.4, 0.5) is 5.69 Å². The summed E-state index contributed by atoms with van der Waals surface area (Å²) in [6, 6.07) is 13.6. The van der Waals surface area contributed by atoms with Crippen molar-refractivity contribution in [2.45, 2.75) is 19.1 Å². The Balaban J connectivity index is 1.47. The van der Waals surface area contributed by atoms with Crippen LogP contribution in [-0.4, -0.2) is 39.7 Å². The molecule has 9 heteroatoms. The number of hydrogen-bond donors (Lipinski definition) is 0. The Labute approximate surface area is 172 Å². The molecule has 1 fully saturated rings. The Kier molecular flexibility index (Phi) is 5.57. The lowest BCUT2D eigenvalue weighted by atomic mass is 10.1. The van der Waals surface area contributed by atoms with E-state index in [1.54, 1.807) is 12.1 Å². The van der Waals surface area contributed by atoms with E-state index in [9.17, 15) is 10.1 Å². The zero-order valence-corrected chi connectivity index (χ0v) is 16.5. The highest BCUT2D eigenvalue weighted by atomic mass is 35.5. The van der Waals surface area contributed by atoms with Gasteiger partial charge in [-0.2, -0.15) is 0 Å². The Morgan fingerprint density at radius 2 is 1.90 bits per heavy atom. The Bertz CT molecular complexity index is 990. The highest BCUT2D eigenvalue weighted by Crippen LogP contribution is 2.30. The molecule has 4 rings (SSSR count). The smallest absolute Gasteiger partial charge is 0.269 e. The summed E-state index contributed by atoms with van der Waals surface area (Å²) in [4.78, 5) is 12.6. The molecule has 1 aliphatic heterocycles. The maximum Gasteiger partial charge on any atom is 0.269 e. The van der Waals surface area contributed by atoms with Crippen LogP contribution in [0.15, 0.2) is 52.9 Å². The predicted molar refractivity (Wildman–Crippen MR) is 107 cm³/mol. The summed E-state index contributed by atoms with van der Waals surface area (Å²) in [7, 11) is 0. The van der Waals surface area contributed by atoms with E-state index in [0.717, 1.165) is 12.1 Å². The van der Waals surface area contributed by atoms with Crippen LogP contribution >= 0.6 is 11.6 Å². The van der Waals surface area contributed by atoms with Gasteiger partial charge < -0.3 is 9.15 Å². The minimum atomic E-state index is -0.444. The Morgan fingerprint density at radius 1 is 1.17 bits per heavy atom. The summed E-state index contributed by atoms with van der Waals surface area (Å²) in [5, 5.41) is 19.8. The second-order valence-electron chi connectivity index (χ2n) is 6.83. The van der Waals surface area contributed by atoms with Gasteiger partial charge >= 0.3 is 0 Å². The first-order valence-electron chi connectivity index (χ1n) is 9.20. The van der Waals surface area contributed by atoms with Crippen LogP contribution in [-0.2, 0) is 4.74 Å².